The van der Waals surface area contributed by atoms with Crippen LogP contribution in [0.4, 0.5) is 5.82 Å². The fourth-order valence-corrected chi connectivity index (χ4v) is 2.47. The third-order valence-electron chi connectivity index (χ3n) is 3.39. The average Bonchev–Trinajstić information content (AvgIpc) is 3.03. The zero-order valence-corrected chi connectivity index (χ0v) is 15.0. The van der Waals surface area contributed by atoms with Gasteiger partial charge in [0, 0.05) is 17.0 Å². The Kier molecular flexibility index (Phi) is 6.03. The summed E-state index contributed by atoms with van der Waals surface area (Å²) in [6.45, 7) is 5.47. The van der Waals surface area contributed by atoms with Crippen molar-refractivity contribution in [3.8, 4) is 0 Å². The zero-order valence-electron chi connectivity index (χ0n) is 14.1. The summed E-state index contributed by atoms with van der Waals surface area (Å²) < 4.78 is 6.92. The van der Waals surface area contributed by atoms with Gasteiger partial charge in [-0.05, 0) is 51.3 Å². The molecule has 128 valence electrons. The van der Waals surface area contributed by atoms with Crippen molar-refractivity contribution in [2.24, 2.45) is 0 Å². The Labute approximate surface area is 145 Å². The lowest BCUT2D eigenvalue weighted by Gasteiger charge is -2.15. The summed E-state index contributed by atoms with van der Waals surface area (Å²) in [5.74, 6) is -0.351. The fraction of sp³-hybridized carbons (Fsp3) is 0.353. The molecule has 0 unspecified atom stereocenters. The second kappa shape index (κ2) is 8.01. The van der Waals surface area contributed by atoms with Crippen LogP contribution >= 0.6 is 11.8 Å². The van der Waals surface area contributed by atoms with Crippen molar-refractivity contribution >= 4 is 29.5 Å². The lowest BCUT2D eigenvalue weighted by molar-refractivity contribution is -0.123. The number of benzene rings is 1. The molecule has 2 rings (SSSR count). The Hall–Kier alpha value is -2.28. The first kappa shape index (κ1) is 18.1. The van der Waals surface area contributed by atoms with E-state index in [1.165, 1.54) is 0 Å². The standard InChI is InChI=1S/C17H21N3O3S/c1-11(2)20-15(9-10-18-20)19-16(21)12(3)23-17(22)13-5-7-14(24-4)8-6-13/h5-12H,1-4H3,(H,19,21)/t12-/m1/s1. The summed E-state index contributed by atoms with van der Waals surface area (Å²) in [5, 5.41) is 6.87. The van der Waals surface area contributed by atoms with E-state index in [9.17, 15) is 9.59 Å². The monoisotopic (exact) mass is 347 g/mol. The van der Waals surface area contributed by atoms with Crippen LogP contribution in [0, 0.1) is 0 Å². The van der Waals surface area contributed by atoms with Gasteiger partial charge in [-0.1, -0.05) is 0 Å². The highest BCUT2D eigenvalue weighted by molar-refractivity contribution is 7.98. The molecule has 0 aliphatic rings. The Balaban J connectivity index is 1.97. The third-order valence-corrected chi connectivity index (χ3v) is 4.13. The van der Waals surface area contributed by atoms with E-state index in [1.54, 1.807) is 47.8 Å². The molecule has 1 N–H and O–H groups in total. The summed E-state index contributed by atoms with van der Waals surface area (Å²) >= 11 is 1.59. The van der Waals surface area contributed by atoms with Gasteiger partial charge in [0.1, 0.15) is 5.82 Å². The maximum atomic E-state index is 12.2. The van der Waals surface area contributed by atoms with Gasteiger partial charge in [-0.2, -0.15) is 5.10 Å². The molecule has 2 aromatic rings. The average molecular weight is 347 g/mol. The first-order chi connectivity index (χ1) is 11.4. The van der Waals surface area contributed by atoms with E-state index >= 15 is 0 Å². The number of anilines is 1. The Morgan fingerprint density at radius 1 is 1.17 bits per heavy atom. The number of hydrogen-bond donors (Lipinski definition) is 1. The van der Waals surface area contributed by atoms with Gasteiger partial charge in [-0.25, -0.2) is 9.48 Å². The van der Waals surface area contributed by atoms with Gasteiger partial charge in [-0.15, -0.1) is 11.8 Å². The predicted octanol–water partition coefficient (Wildman–Crippen LogP) is 3.37. The van der Waals surface area contributed by atoms with E-state index in [4.69, 9.17) is 4.74 Å². The molecule has 1 aromatic carbocycles. The van der Waals surface area contributed by atoms with Crippen LogP contribution in [0.2, 0.25) is 0 Å². The van der Waals surface area contributed by atoms with Crippen LogP contribution in [-0.2, 0) is 9.53 Å². The van der Waals surface area contributed by atoms with E-state index < -0.39 is 18.0 Å². The minimum atomic E-state index is -0.909. The predicted molar refractivity (Wildman–Crippen MR) is 94.3 cm³/mol. The molecule has 0 spiro atoms. The maximum Gasteiger partial charge on any atom is 0.338 e. The maximum absolute atomic E-state index is 12.2. The summed E-state index contributed by atoms with van der Waals surface area (Å²) in [4.78, 5) is 25.4. The third kappa shape index (κ3) is 4.38. The van der Waals surface area contributed by atoms with Crippen LogP contribution in [0.3, 0.4) is 0 Å². The second-order valence-corrected chi connectivity index (χ2v) is 6.40. The molecule has 0 fully saturated rings. The number of carbonyl (C=O) groups is 2. The summed E-state index contributed by atoms with van der Waals surface area (Å²) in [5.41, 5.74) is 0.416. The molecule has 1 atom stereocenters. The van der Waals surface area contributed by atoms with Crippen LogP contribution in [-0.4, -0.2) is 34.0 Å². The highest BCUT2D eigenvalue weighted by Gasteiger charge is 2.20. The number of amides is 1. The summed E-state index contributed by atoms with van der Waals surface area (Å²) in [7, 11) is 0. The SMILES string of the molecule is CSc1ccc(C(=O)O[C@H](C)C(=O)Nc2ccnn2C(C)C)cc1. The molecule has 1 heterocycles. The van der Waals surface area contributed by atoms with Gasteiger partial charge in [0.15, 0.2) is 6.10 Å². The van der Waals surface area contributed by atoms with Crippen molar-refractivity contribution in [3.63, 3.8) is 0 Å². The van der Waals surface area contributed by atoms with Crippen LogP contribution in [0.5, 0.6) is 0 Å². The van der Waals surface area contributed by atoms with E-state index in [2.05, 4.69) is 10.4 Å². The highest BCUT2D eigenvalue weighted by atomic mass is 32.2. The van der Waals surface area contributed by atoms with Crippen molar-refractivity contribution < 1.29 is 14.3 Å². The van der Waals surface area contributed by atoms with Crippen molar-refractivity contribution in [2.75, 3.05) is 11.6 Å². The number of ether oxygens (including phenoxy) is 1. The van der Waals surface area contributed by atoms with Gasteiger partial charge >= 0.3 is 5.97 Å². The minimum Gasteiger partial charge on any atom is -0.449 e. The van der Waals surface area contributed by atoms with Crippen LogP contribution in [0.1, 0.15) is 37.2 Å². The summed E-state index contributed by atoms with van der Waals surface area (Å²) in [6.07, 6.45) is 2.66. The van der Waals surface area contributed by atoms with Crippen molar-refractivity contribution in [3.05, 3.63) is 42.1 Å². The second-order valence-electron chi connectivity index (χ2n) is 5.52. The first-order valence-corrected chi connectivity index (χ1v) is 8.84. The molecule has 1 aromatic heterocycles. The Morgan fingerprint density at radius 3 is 2.42 bits per heavy atom. The number of hydrogen-bond acceptors (Lipinski definition) is 5. The lowest BCUT2D eigenvalue weighted by Crippen LogP contribution is -2.31. The molecule has 0 aliphatic carbocycles. The number of nitrogens with one attached hydrogen (secondary N) is 1. The molecule has 0 aliphatic heterocycles. The van der Waals surface area contributed by atoms with Gasteiger partial charge in [0.25, 0.3) is 5.91 Å². The number of nitrogens with zero attached hydrogens (tertiary/aromatic N) is 2. The number of esters is 1. The molecule has 6 nitrogen and oxygen atoms in total. The van der Waals surface area contributed by atoms with Crippen molar-refractivity contribution in [2.45, 2.75) is 37.8 Å². The van der Waals surface area contributed by atoms with E-state index in [0.717, 1.165) is 4.90 Å². The number of aromatic nitrogens is 2. The molecule has 0 saturated heterocycles. The molecular weight excluding hydrogens is 326 g/mol. The molecule has 0 radical (unpaired) electrons. The van der Waals surface area contributed by atoms with Gasteiger partial charge in [0.05, 0.1) is 11.8 Å². The van der Waals surface area contributed by atoms with E-state index in [1.807, 2.05) is 32.2 Å². The largest absolute Gasteiger partial charge is 0.449 e. The highest BCUT2D eigenvalue weighted by Crippen LogP contribution is 2.16. The van der Waals surface area contributed by atoms with Crippen molar-refractivity contribution in [1.29, 1.82) is 0 Å². The summed E-state index contributed by atoms with van der Waals surface area (Å²) in [6, 6.07) is 8.87. The molecule has 24 heavy (non-hydrogen) atoms. The quantitative estimate of drug-likeness (QED) is 0.641. The van der Waals surface area contributed by atoms with E-state index in [-0.39, 0.29) is 6.04 Å². The van der Waals surface area contributed by atoms with Crippen LogP contribution in [0.15, 0.2) is 41.4 Å². The fourth-order valence-electron chi connectivity index (χ4n) is 2.06. The number of thioether (sulfide) groups is 1. The molecule has 7 heteroatoms. The first-order valence-electron chi connectivity index (χ1n) is 7.61. The number of rotatable bonds is 6. The molecular formula is C17H21N3O3S. The van der Waals surface area contributed by atoms with Crippen LogP contribution < -0.4 is 5.32 Å². The Morgan fingerprint density at radius 2 is 1.83 bits per heavy atom. The topological polar surface area (TPSA) is 73.2 Å². The van der Waals surface area contributed by atoms with E-state index in [0.29, 0.717) is 11.4 Å². The van der Waals surface area contributed by atoms with Gasteiger partial charge in [0.2, 0.25) is 0 Å². The molecule has 0 saturated carbocycles. The van der Waals surface area contributed by atoms with Crippen molar-refractivity contribution in [1.82, 2.24) is 9.78 Å². The minimum absolute atomic E-state index is 0.114. The van der Waals surface area contributed by atoms with Crippen LogP contribution in [0.25, 0.3) is 0 Å². The smallest absolute Gasteiger partial charge is 0.338 e. The lowest BCUT2D eigenvalue weighted by atomic mass is 10.2. The van der Waals surface area contributed by atoms with Gasteiger partial charge in [-0.3, -0.25) is 4.79 Å². The Bertz CT molecular complexity index is 710. The molecule has 0 bridgehead atoms. The van der Waals surface area contributed by atoms with Gasteiger partial charge < -0.3 is 10.1 Å². The molecule has 1 amide bonds. The normalized spacial score (nSPS) is 12.0. The zero-order chi connectivity index (χ0) is 17.7. The number of carbonyl (C=O) groups excluding carboxylic acids is 2.